The molecule has 12 nitrogen and oxygen atoms in total. The number of hydrogen-bond acceptors (Lipinski definition) is 11. The molecule has 1 amide bonds. The van der Waals surface area contributed by atoms with Crippen molar-refractivity contribution in [3.8, 4) is 11.5 Å². The van der Waals surface area contributed by atoms with E-state index in [-0.39, 0.29) is 23.8 Å². The highest BCUT2D eigenvalue weighted by Crippen LogP contribution is 2.22. The molecular weight excluding hydrogens is 440 g/mol. The third-order valence-electron chi connectivity index (χ3n) is 3.89. The number of nitrogens with one attached hydrogen (secondary N) is 3. The molecule has 1 aliphatic rings. The number of hydrazine groups is 2. The number of carbonyl (C=O) groups excluding carboxylic acids is 1. The van der Waals surface area contributed by atoms with E-state index < -0.39 is 24.6 Å². The van der Waals surface area contributed by atoms with Crippen molar-refractivity contribution in [2.24, 2.45) is 5.10 Å². The summed E-state index contributed by atoms with van der Waals surface area (Å²) in [5.41, 5.74) is 6.39. The highest BCUT2D eigenvalue weighted by molar-refractivity contribution is 5.99. The zero-order valence-electron chi connectivity index (χ0n) is 15.7. The van der Waals surface area contributed by atoms with Gasteiger partial charge in [-0.05, 0) is 12.1 Å². The Morgan fingerprint density at radius 1 is 1.06 bits per heavy atom. The minimum atomic E-state index is -3.14. The molecule has 0 unspecified atom stereocenters. The third-order valence-corrected chi connectivity index (χ3v) is 3.89. The highest BCUT2D eigenvalue weighted by Gasteiger charge is 2.20. The van der Waals surface area contributed by atoms with Crippen LogP contribution in [0.25, 0.3) is 11.5 Å². The van der Waals surface area contributed by atoms with Gasteiger partial charge in [0.2, 0.25) is 0 Å². The number of nitrogens with zero attached hydrogens (tertiary/aromatic N) is 7. The van der Waals surface area contributed by atoms with E-state index in [4.69, 9.17) is 4.42 Å². The average Bonchev–Trinajstić information content (AvgIpc) is 3.45. The summed E-state index contributed by atoms with van der Waals surface area (Å²) in [6, 6.07) is 2.87. The topological polar surface area (TPSA) is 146 Å². The van der Waals surface area contributed by atoms with Gasteiger partial charge in [-0.1, -0.05) is 0 Å². The number of amides is 1. The van der Waals surface area contributed by atoms with Gasteiger partial charge in [0, 0.05) is 24.2 Å². The van der Waals surface area contributed by atoms with Crippen LogP contribution >= 0.6 is 0 Å². The molecule has 0 aromatic carbocycles. The Kier molecular flexibility index (Phi) is 5.84. The zero-order chi connectivity index (χ0) is 22.7. The molecule has 0 spiro atoms. The van der Waals surface area contributed by atoms with Crippen LogP contribution in [0.4, 0.5) is 23.4 Å². The van der Waals surface area contributed by atoms with Crippen molar-refractivity contribution < 1.29 is 26.8 Å². The number of hydrogen-bond donors (Lipinski definition) is 3. The van der Waals surface area contributed by atoms with Crippen LogP contribution in [0.5, 0.6) is 0 Å². The largest absolute Gasteiger partial charge is 0.415 e. The van der Waals surface area contributed by atoms with E-state index in [9.17, 15) is 22.4 Å². The Hall–Kier alpha value is -4.21. The molecule has 4 rings (SSSR count). The molecule has 3 aromatic rings. The lowest BCUT2D eigenvalue weighted by atomic mass is 10.2. The lowest BCUT2D eigenvalue weighted by Crippen LogP contribution is -2.41. The molecule has 1 aliphatic heterocycles. The summed E-state index contributed by atoms with van der Waals surface area (Å²) in [6.45, 7) is 0.148. The van der Waals surface area contributed by atoms with Crippen LogP contribution in [0.15, 0.2) is 40.2 Å². The van der Waals surface area contributed by atoms with Gasteiger partial charge in [-0.2, -0.15) is 17.6 Å². The number of halogens is 4. The molecule has 3 N–H and O–H groups in total. The van der Waals surface area contributed by atoms with Crippen molar-refractivity contribution in [2.45, 2.75) is 19.4 Å². The highest BCUT2D eigenvalue weighted by atomic mass is 19.3. The molecule has 0 saturated carbocycles. The monoisotopic (exact) mass is 452 g/mol. The van der Waals surface area contributed by atoms with Crippen LogP contribution in [0.2, 0.25) is 0 Å². The van der Waals surface area contributed by atoms with Gasteiger partial charge in [0.1, 0.15) is 18.2 Å². The number of alkyl halides is 4. The van der Waals surface area contributed by atoms with Crippen molar-refractivity contribution in [2.75, 3.05) is 5.32 Å². The molecule has 16 heteroatoms. The minimum absolute atomic E-state index is 0.0298. The van der Waals surface area contributed by atoms with Crippen molar-refractivity contribution in [1.82, 2.24) is 41.2 Å². The summed E-state index contributed by atoms with van der Waals surface area (Å²) < 4.78 is 54.4. The van der Waals surface area contributed by atoms with E-state index in [1.807, 2.05) is 5.32 Å². The number of aromatic nitrogens is 5. The van der Waals surface area contributed by atoms with Gasteiger partial charge >= 0.3 is 12.9 Å². The average molecular weight is 452 g/mol. The number of pyridine rings is 1. The molecule has 4 heterocycles. The van der Waals surface area contributed by atoms with Gasteiger partial charge in [-0.15, -0.1) is 20.4 Å². The predicted octanol–water partition coefficient (Wildman–Crippen LogP) is 1.25. The van der Waals surface area contributed by atoms with E-state index in [1.165, 1.54) is 35.8 Å². The second kappa shape index (κ2) is 8.88. The maximum absolute atomic E-state index is 12.5. The first kappa shape index (κ1) is 21.0. The van der Waals surface area contributed by atoms with Gasteiger partial charge in [0.15, 0.2) is 5.84 Å². The number of amidine groups is 1. The summed E-state index contributed by atoms with van der Waals surface area (Å²) >= 11 is 0. The zero-order valence-corrected chi connectivity index (χ0v) is 15.7. The Morgan fingerprint density at radius 2 is 1.81 bits per heavy atom. The van der Waals surface area contributed by atoms with Gasteiger partial charge < -0.3 is 9.73 Å². The lowest BCUT2D eigenvalue weighted by molar-refractivity contribution is -0.126. The second-order valence-corrected chi connectivity index (χ2v) is 6.11. The summed E-state index contributed by atoms with van der Waals surface area (Å²) in [7, 11) is 0. The number of carbonyl (C=O) groups is 1. The third kappa shape index (κ3) is 4.75. The first-order chi connectivity index (χ1) is 15.4. The fourth-order valence-electron chi connectivity index (χ4n) is 2.41. The summed E-state index contributed by atoms with van der Waals surface area (Å²) in [5.74, 6) is -1.69. The Labute approximate surface area is 175 Å². The molecule has 3 aromatic heterocycles. The van der Waals surface area contributed by atoms with E-state index in [2.05, 4.69) is 41.2 Å². The molecule has 0 atom stereocenters. The quantitative estimate of drug-likeness (QED) is 0.448. The van der Waals surface area contributed by atoms with Crippen LogP contribution in [-0.4, -0.2) is 48.4 Å². The second-order valence-electron chi connectivity index (χ2n) is 6.11. The van der Waals surface area contributed by atoms with Crippen LogP contribution in [-0.2, 0) is 11.3 Å². The molecule has 0 saturated heterocycles. The maximum Gasteiger partial charge on any atom is 0.315 e. The SMILES string of the molecule is O=C(Nc1ccc(C2=NNN(Cc3ncc(-c4nnc(C(F)F)o4)cn3)N2)cn1)C(F)F. The molecule has 0 aliphatic carbocycles. The van der Waals surface area contributed by atoms with Gasteiger partial charge in [0.05, 0.1) is 5.56 Å². The first-order valence-corrected chi connectivity index (χ1v) is 8.75. The first-order valence-electron chi connectivity index (χ1n) is 8.75. The van der Waals surface area contributed by atoms with E-state index in [1.54, 1.807) is 0 Å². The Balaban J connectivity index is 1.33. The number of hydrazone groups is 1. The van der Waals surface area contributed by atoms with E-state index in [0.29, 0.717) is 17.2 Å². The molecule has 32 heavy (non-hydrogen) atoms. The fraction of sp³-hybridized carbons (Fsp3) is 0.188. The van der Waals surface area contributed by atoms with Crippen molar-refractivity contribution in [1.29, 1.82) is 0 Å². The van der Waals surface area contributed by atoms with Crippen molar-refractivity contribution in [3.05, 3.63) is 48.0 Å². The minimum Gasteiger partial charge on any atom is -0.415 e. The number of anilines is 1. The molecule has 0 fully saturated rings. The van der Waals surface area contributed by atoms with Gasteiger partial charge in [-0.3, -0.25) is 10.2 Å². The van der Waals surface area contributed by atoms with Crippen molar-refractivity contribution in [3.63, 3.8) is 0 Å². The van der Waals surface area contributed by atoms with Gasteiger partial charge in [-0.25, -0.2) is 20.5 Å². The molecule has 0 radical (unpaired) electrons. The van der Waals surface area contributed by atoms with Crippen LogP contribution in [0.1, 0.15) is 23.7 Å². The summed E-state index contributed by atoms with van der Waals surface area (Å²) in [6.07, 6.45) is -1.99. The Bertz CT molecular complexity index is 1120. The predicted molar refractivity (Wildman–Crippen MR) is 97.5 cm³/mol. The van der Waals surface area contributed by atoms with E-state index >= 15 is 0 Å². The maximum atomic E-state index is 12.5. The molecular formula is C16H12F4N10O2. The number of rotatable bonds is 7. The van der Waals surface area contributed by atoms with Crippen molar-refractivity contribution >= 4 is 17.6 Å². The molecule has 0 bridgehead atoms. The van der Waals surface area contributed by atoms with Crippen LogP contribution in [0.3, 0.4) is 0 Å². The Morgan fingerprint density at radius 3 is 2.44 bits per heavy atom. The van der Waals surface area contributed by atoms with Crippen LogP contribution in [0, 0.1) is 0 Å². The molecule has 166 valence electrons. The smallest absolute Gasteiger partial charge is 0.315 e. The van der Waals surface area contributed by atoms with Gasteiger partial charge in [0.25, 0.3) is 17.7 Å². The fourth-order valence-corrected chi connectivity index (χ4v) is 2.41. The normalized spacial score (nSPS) is 13.8. The standard InChI is InChI=1S/C16H12F4N10O2/c17-11(18)14(31)24-9-2-1-7(3-21-9)13-25-29-30(28-13)6-10-22-4-8(5-23-10)15-26-27-16(32-15)12(19)20/h1-5,11-12,29H,6H2,(H,25,28)(H,21,24,31). The van der Waals surface area contributed by atoms with Crippen LogP contribution < -0.4 is 16.3 Å². The summed E-state index contributed by atoms with van der Waals surface area (Å²) in [5, 5.41) is 14.2. The summed E-state index contributed by atoms with van der Waals surface area (Å²) in [4.78, 5) is 23.1. The lowest BCUT2D eigenvalue weighted by Gasteiger charge is -2.14. The van der Waals surface area contributed by atoms with E-state index in [0.717, 1.165) is 0 Å².